The van der Waals surface area contributed by atoms with Gasteiger partial charge in [0.15, 0.2) is 27.5 Å². The maximum Gasteiger partial charge on any atom is 0.231 e. The number of nitrogens with one attached hydrogen (secondary N) is 4. The molecule has 0 spiro atoms. The second-order valence-electron chi connectivity index (χ2n) is 9.79. The average Bonchev–Trinajstić information content (AvgIpc) is 3.73. The van der Waals surface area contributed by atoms with Crippen LogP contribution in [0.15, 0.2) is 92.3 Å². The van der Waals surface area contributed by atoms with Gasteiger partial charge in [0, 0.05) is 29.5 Å². The summed E-state index contributed by atoms with van der Waals surface area (Å²) < 4.78 is 17.4. The molecule has 0 amide bonds. The first-order valence-electron chi connectivity index (χ1n) is 12.6. The Morgan fingerprint density at radius 3 is 2.87 bits per heavy atom. The third kappa shape index (κ3) is 3.52. The number of H-pyrrole nitrogens is 1. The summed E-state index contributed by atoms with van der Waals surface area (Å²) in [5.74, 6) is 2.14. The predicted octanol–water partition coefficient (Wildman–Crippen LogP) is 4.44. The van der Waals surface area contributed by atoms with Crippen molar-refractivity contribution in [2.45, 2.75) is 41.1 Å². The maximum atomic E-state index is 13.7. The molecular weight excluding hydrogens is 502 g/mol. The quantitative estimate of drug-likeness (QED) is 0.307. The van der Waals surface area contributed by atoms with Crippen LogP contribution in [0, 0.1) is 0 Å². The van der Waals surface area contributed by atoms with Gasteiger partial charge in [-0.3, -0.25) is 4.79 Å². The number of furan rings is 1. The van der Waals surface area contributed by atoms with E-state index in [0.29, 0.717) is 6.42 Å². The number of ketones is 1. The molecule has 2 aromatic carbocycles. The summed E-state index contributed by atoms with van der Waals surface area (Å²) in [7, 11) is 0. The molecule has 9 nitrogen and oxygen atoms in total. The van der Waals surface area contributed by atoms with Crippen molar-refractivity contribution in [2.75, 3.05) is 6.79 Å². The normalized spacial score (nSPS) is 23.6. The van der Waals surface area contributed by atoms with E-state index in [2.05, 4.69) is 26.1 Å². The number of carbonyl (C=O) groups is 1. The van der Waals surface area contributed by atoms with Gasteiger partial charge >= 0.3 is 0 Å². The number of hydrazine groups is 1. The maximum absolute atomic E-state index is 13.7. The number of imidazole rings is 1. The Bertz CT molecular complexity index is 1640. The second-order valence-corrected chi connectivity index (χ2v) is 10.8. The van der Waals surface area contributed by atoms with Crippen molar-refractivity contribution >= 4 is 28.6 Å². The molecule has 0 saturated carbocycles. The van der Waals surface area contributed by atoms with E-state index in [-0.39, 0.29) is 30.6 Å². The Labute approximate surface area is 221 Å². The molecule has 3 atom stereocenters. The van der Waals surface area contributed by atoms with Crippen molar-refractivity contribution in [3.8, 4) is 11.5 Å². The summed E-state index contributed by atoms with van der Waals surface area (Å²) in [6.07, 6.45) is 2.96. The number of para-hydroxylation sites is 2. The van der Waals surface area contributed by atoms with E-state index in [1.807, 2.05) is 60.8 Å². The highest BCUT2D eigenvalue weighted by molar-refractivity contribution is 7.99. The smallest absolute Gasteiger partial charge is 0.231 e. The topological polar surface area (TPSA) is 113 Å². The summed E-state index contributed by atoms with van der Waals surface area (Å²) in [6.45, 7) is 0.232. The summed E-state index contributed by atoms with van der Waals surface area (Å²) in [4.78, 5) is 21.7. The third-order valence-corrected chi connectivity index (χ3v) is 8.38. The van der Waals surface area contributed by atoms with Crippen LogP contribution in [0.3, 0.4) is 0 Å². The second kappa shape index (κ2) is 8.44. The van der Waals surface area contributed by atoms with Crippen LogP contribution in [0.2, 0.25) is 0 Å². The summed E-state index contributed by atoms with van der Waals surface area (Å²) >= 11 is 1.44. The molecule has 3 aliphatic heterocycles. The minimum Gasteiger partial charge on any atom is -0.454 e. The molecule has 1 aliphatic carbocycles. The Morgan fingerprint density at radius 1 is 1.00 bits per heavy atom. The van der Waals surface area contributed by atoms with Gasteiger partial charge in [-0.05, 0) is 66.1 Å². The first-order valence-corrected chi connectivity index (χ1v) is 13.4. The molecule has 3 unspecified atom stereocenters. The lowest BCUT2D eigenvalue weighted by Crippen LogP contribution is -2.49. The van der Waals surface area contributed by atoms with Crippen LogP contribution in [0.5, 0.6) is 11.5 Å². The molecule has 4 N–H and O–H groups in total. The van der Waals surface area contributed by atoms with Gasteiger partial charge in [-0.25, -0.2) is 10.4 Å². The number of allylic oxidation sites excluding steroid dienone is 2. The van der Waals surface area contributed by atoms with Gasteiger partial charge < -0.3 is 29.6 Å². The van der Waals surface area contributed by atoms with Crippen LogP contribution in [0.25, 0.3) is 11.0 Å². The Kier molecular flexibility index (Phi) is 4.86. The van der Waals surface area contributed by atoms with Gasteiger partial charge in [0.1, 0.15) is 11.9 Å². The number of carbonyl (C=O) groups excluding carboxylic acids is 1. The number of aromatic amines is 1. The van der Waals surface area contributed by atoms with Crippen molar-refractivity contribution in [3.63, 3.8) is 0 Å². The zero-order valence-electron chi connectivity index (χ0n) is 20.1. The van der Waals surface area contributed by atoms with Crippen molar-refractivity contribution in [1.29, 1.82) is 0 Å². The van der Waals surface area contributed by atoms with Crippen molar-refractivity contribution in [3.05, 3.63) is 89.0 Å². The standard InChI is InChI=1S/C28H23N5O4S/c34-20-10-15(14-5-6-21-23(11-14)36-13-35-21)9-19-26(20)25(16-12-29-33-27(16)30-19)22-7-8-24(37-22)38-28-31-17-3-1-2-4-18(17)32-28/h1-8,11-12,15,25,27,29-30,33H,9-10,13H2,(H,31,32). The van der Waals surface area contributed by atoms with Crippen LogP contribution >= 0.6 is 11.8 Å². The number of hydrogen-bond donors (Lipinski definition) is 4. The first-order chi connectivity index (χ1) is 18.7. The third-order valence-electron chi connectivity index (χ3n) is 7.57. The van der Waals surface area contributed by atoms with Crippen LogP contribution in [0.1, 0.15) is 36.0 Å². The van der Waals surface area contributed by atoms with E-state index in [0.717, 1.165) is 67.4 Å². The largest absolute Gasteiger partial charge is 0.454 e. The Hall–Kier alpha value is -4.15. The van der Waals surface area contributed by atoms with Crippen LogP contribution in [-0.2, 0) is 4.79 Å². The molecule has 0 fully saturated rings. The number of aromatic nitrogens is 2. The lowest BCUT2D eigenvalue weighted by atomic mass is 9.73. The Morgan fingerprint density at radius 2 is 1.92 bits per heavy atom. The molecule has 0 radical (unpaired) electrons. The van der Waals surface area contributed by atoms with Crippen molar-refractivity contribution in [2.24, 2.45) is 0 Å². The Balaban J connectivity index is 1.12. The highest BCUT2D eigenvalue weighted by Crippen LogP contribution is 2.48. The van der Waals surface area contributed by atoms with E-state index >= 15 is 0 Å². The number of ether oxygens (including phenoxy) is 2. The van der Waals surface area contributed by atoms with Gasteiger partial charge in [0.05, 0.1) is 17.0 Å². The molecule has 8 rings (SSSR count). The van der Waals surface area contributed by atoms with Gasteiger partial charge in [0.25, 0.3) is 0 Å². The summed E-state index contributed by atoms with van der Waals surface area (Å²) in [5.41, 5.74) is 12.1. The molecule has 4 aliphatic rings. The van der Waals surface area contributed by atoms with Crippen LogP contribution in [-0.4, -0.2) is 28.7 Å². The average molecular weight is 526 g/mol. The number of hydrogen-bond acceptors (Lipinski definition) is 9. The van der Waals surface area contributed by atoms with E-state index in [4.69, 9.17) is 13.9 Å². The molecular formula is C28H23N5O4S. The van der Waals surface area contributed by atoms with E-state index in [1.54, 1.807) is 0 Å². The highest BCUT2D eigenvalue weighted by Gasteiger charge is 2.44. The molecule has 10 heteroatoms. The zero-order chi connectivity index (χ0) is 25.2. The minimum absolute atomic E-state index is 0.0552. The molecule has 0 bridgehead atoms. The van der Waals surface area contributed by atoms with E-state index in [1.165, 1.54) is 11.8 Å². The lowest BCUT2D eigenvalue weighted by Gasteiger charge is -2.38. The van der Waals surface area contributed by atoms with Gasteiger partial charge in [0.2, 0.25) is 6.79 Å². The fourth-order valence-corrected chi connectivity index (χ4v) is 6.58. The zero-order valence-corrected chi connectivity index (χ0v) is 20.9. The fraction of sp³-hybridized carbons (Fsp3) is 0.214. The molecule has 2 aromatic heterocycles. The molecule has 5 heterocycles. The van der Waals surface area contributed by atoms with Gasteiger partial charge in [-0.15, -0.1) is 0 Å². The van der Waals surface area contributed by atoms with Crippen molar-refractivity contribution in [1.82, 2.24) is 26.1 Å². The fourth-order valence-electron chi connectivity index (χ4n) is 5.81. The van der Waals surface area contributed by atoms with E-state index < -0.39 is 0 Å². The molecule has 190 valence electrons. The lowest BCUT2D eigenvalue weighted by molar-refractivity contribution is -0.116. The SMILES string of the molecule is O=C1CC(c2ccc3c(c2)OCO3)CC2=C1C(c1ccc(Sc3nc4ccccc4[nH]3)o1)C1=CNNC1N2. The minimum atomic E-state index is -0.269. The summed E-state index contributed by atoms with van der Waals surface area (Å²) in [5, 5.41) is 5.04. The number of Topliss-reactive ketones (excluding diaryl/α,β-unsaturated/α-hetero) is 1. The van der Waals surface area contributed by atoms with E-state index in [9.17, 15) is 4.79 Å². The predicted molar refractivity (Wildman–Crippen MR) is 140 cm³/mol. The number of rotatable bonds is 4. The molecule has 4 aromatic rings. The molecule has 0 saturated heterocycles. The number of nitrogens with zero attached hydrogens (tertiary/aromatic N) is 1. The van der Waals surface area contributed by atoms with Gasteiger partial charge in [-0.2, -0.15) is 0 Å². The highest BCUT2D eigenvalue weighted by atomic mass is 32.2. The number of fused-ring (bicyclic) bond motifs is 3. The first kappa shape index (κ1) is 21.9. The van der Waals surface area contributed by atoms with Gasteiger partial charge in [-0.1, -0.05) is 18.2 Å². The number of benzene rings is 2. The summed E-state index contributed by atoms with van der Waals surface area (Å²) in [6, 6.07) is 17.8. The van der Waals surface area contributed by atoms with Crippen LogP contribution in [0.4, 0.5) is 0 Å². The molecule has 38 heavy (non-hydrogen) atoms. The monoisotopic (exact) mass is 525 g/mol. The van der Waals surface area contributed by atoms with Crippen molar-refractivity contribution < 1.29 is 18.7 Å². The van der Waals surface area contributed by atoms with Crippen LogP contribution < -0.4 is 25.6 Å².